The maximum absolute atomic E-state index is 11.7. The zero-order valence-corrected chi connectivity index (χ0v) is 19.6. The van der Waals surface area contributed by atoms with Gasteiger partial charge in [-0.1, -0.05) is 0 Å². The fourth-order valence-corrected chi connectivity index (χ4v) is 3.69. The Balaban J connectivity index is 2.94. The molecule has 0 aromatic heterocycles. The largest absolute Gasteiger partial charge is 0.462 e. The minimum Gasteiger partial charge on any atom is -0.462 e. The Kier molecular flexibility index (Phi) is 13.2. The lowest BCUT2D eigenvalue weighted by Crippen LogP contribution is -2.46. The summed E-state index contributed by atoms with van der Waals surface area (Å²) >= 11 is 1.09. The van der Waals surface area contributed by atoms with Gasteiger partial charge in [0.05, 0.1) is 19.8 Å². The molecule has 1 heterocycles. The summed E-state index contributed by atoms with van der Waals surface area (Å²) in [4.78, 5) is 46.3. The average Bonchev–Trinajstić information content (AvgIpc) is 3.00. The van der Waals surface area contributed by atoms with Crippen LogP contribution in [-0.4, -0.2) is 93.8 Å². The van der Waals surface area contributed by atoms with E-state index in [-0.39, 0.29) is 6.61 Å². The van der Waals surface area contributed by atoms with E-state index in [1.807, 2.05) is 0 Å². The molecule has 1 saturated heterocycles. The summed E-state index contributed by atoms with van der Waals surface area (Å²) in [6, 6.07) is 0. The highest BCUT2D eigenvalue weighted by atomic mass is 32.2. The van der Waals surface area contributed by atoms with Gasteiger partial charge in [-0.2, -0.15) is 0 Å². The highest BCUT2D eigenvalue weighted by Crippen LogP contribution is 2.35. The number of nitrogens with one attached hydrogen (secondary N) is 1. The second kappa shape index (κ2) is 15.0. The first kappa shape index (κ1) is 28.1. The van der Waals surface area contributed by atoms with Crippen LogP contribution < -0.4 is 4.72 Å². The maximum Gasteiger partial charge on any atom is 0.303 e. The first-order valence-corrected chi connectivity index (χ1v) is 10.8. The average molecular weight is 482 g/mol. The SMILES string of the molecule is COCCOCCNS[C@@H]1O[C@@H]([C@@H](COC(C)=O)OC(C)=O)[C@H](OC(C)=O)[C@H]1OC(C)=O. The molecule has 32 heavy (non-hydrogen) atoms. The van der Waals surface area contributed by atoms with Crippen molar-refractivity contribution in [2.24, 2.45) is 0 Å². The predicted molar refractivity (Wildman–Crippen MR) is 110 cm³/mol. The summed E-state index contributed by atoms with van der Waals surface area (Å²) in [5.74, 6) is -2.52. The Morgan fingerprint density at radius 2 is 1.56 bits per heavy atom. The van der Waals surface area contributed by atoms with E-state index in [2.05, 4.69) is 4.72 Å². The van der Waals surface area contributed by atoms with Gasteiger partial charge in [-0.3, -0.25) is 23.9 Å². The van der Waals surface area contributed by atoms with Crippen LogP contribution >= 0.6 is 11.9 Å². The van der Waals surface area contributed by atoms with E-state index in [0.29, 0.717) is 26.4 Å². The van der Waals surface area contributed by atoms with Crippen molar-refractivity contribution < 1.29 is 52.3 Å². The molecule has 0 saturated carbocycles. The minimum absolute atomic E-state index is 0.331. The molecular weight excluding hydrogens is 450 g/mol. The molecule has 5 atom stereocenters. The minimum atomic E-state index is -1.10. The number of ether oxygens (including phenoxy) is 7. The molecule has 1 fully saturated rings. The van der Waals surface area contributed by atoms with Crippen LogP contribution in [0.15, 0.2) is 0 Å². The van der Waals surface area contributed by atoms with Crippen molar-refractivity contribution >= 4 is 35.8 Å². The molecule has 0 amide bonds. The highest BCUT2D eigenvalue weighted by Gasteiger charge is 2.53. The van der Waals surface area contributed by atoms with Crippen LogP contribution in [-0.2, 0) is 52.3 Å². The Bertz CT molecular complexity index is 632. The van der Waals surface area contributed by atoms with Gasteiger partial charge >= 0.3 is 23.9 Å². The monoisotopic (exact) mass is 481 g/mol. The van der Waals surface area contributed by atoms with Crippen molar-refractivity contribution in [3.8, 4) is 0 Å². The number of methoxy groups -OCH3 is 1. The van der Waals surface area contributed by atoms with Gasteiger partial charge < -0.3 is 33.2 Å². The molecule has 0 aromatic rings. The summed E-state index contributed by atoms with van der Waals surface area (Å²) in [5.41, 5.74) is -0.817. The third-order valence-electron chi connectivity index (χ3n) is 3.93. The van der Waals surface area contributed by atoms with Gasteiger partial charge in [0, 0.05) is 41.3 Å². The van der Waals surface area contributed by atoms with Crippen LogP contribution in [0.25, 0.3) is 0 Å². The number of hydrogen-bond donors (Lipinski definition) is 1. The number of carbonyl (C=O) groups is 4. The lowest BCUT2D eigenvalue weighted by atomic mass is 10.1. The Morgan fingerprint density at radius 3 is 2.12 bits per heavy atom. The van der Waals surface area contributed by atoms with Crippen LogP contribution in [0.1, 0.15) is 27.7 Å². The van der Waals surface area contributed by atoms with E-state index in [0.717, 1.165) is 11.9 Å². The lowest BCUT2D eigenvalue weighted by molar-refractivity contribution is -0.176. The topological polar surface area (TPSA) is 145 Å². The van der Waals surface area contributed by atoms with Gasteiger partial charge in [-0.05, 0) is 11.9 Å². The summed E-state index contributed by atoms with van der Waals surface area (Å²) in [7, 11) is 1.57. The fraction of sp³-hybridized carbons (Fsp3) is 0.789. The normalized spacial score (nSPS) is 23.3. The van der Waals surface area contributed by atoms with Gasteiger partial charge in [-0.25, -0.2) is 0 Å². The van der Waals surface area contributed by atoms with E-state index in [1.165, 1.54) is 27.7 Å². The smallest absolute Gasteiger partial charge is 0.303 e. The summed E-state index contributed by atoms with van der Waals surface area (Å²) < 4.78 is 40.2. The van der Waals surface area contributed by atoms with Gasteiger partial charge in [0.15, 0.2) is 23.7 Å². The molecule has 1 rings (SSSR count). The van der Waals surface area contributed by atoms with Crippen molar-refractivity contribution in [2.75, 3.05) is 40.1 Å². The maximum atomic E-state index is 11.7. The van der Waals surface area contributed by atoms with Crippen molar-refractivity contribution in [1.82, 2.24) is 4.72 Å². The molecule has 0 unspecified atom stereocenters. The molecule has 0 bridgehead atoms. The molecule has 0 spiro atoms. The lowest BCUT2D eigenvalue weighted by Gasteiger charge is -2.27. The van der Waals surface area contributed by atoms with E-state index in [9.17, 15) is 19.2 Å². The molecule has 0 aliphatic carbocycles. The van der Waals surface area contributed by atoms with Crippen molar-refractivity contribution in [1.29, 1.82) is 0 Å². The van der Waals surface area contributed by atoms with Crippen LogP contribution in [0.5, 0.6) is 0 Å². The zero-order valence-electron chi connectivity index (χ0n) is 18.8. The molecule has 184 valence electrons. The van der Waals surface area contributed by atoms with Crippen LogP contribution in [0, 0.1) is 0 Å². The predicted octanol–water partition coefficient (Wildman–Crippen LogP) is -0.0297. The highest BCUT2D eigenvalue weighted by molar-refractivity contribution is 7.97. The van der Waals surface area contributed by atoms with E-state index < -0.39 is 53.7 Å². The van der Waals surface area contributed by atoms with Crippen molar-refractivity contribution in [2.45, 2.75) is 57.5 Å². The first-order valence-electron chi connectivity index (χ1n) is 9.91. The van der Waals surface area contributed by atoms with E-state index in [1.54, 1.807) is 7.11 Å². The quantitative estimate of drug-likeness (QED) is 0.153. The molecular formula is C19H31NO11S. The van der Waals surface area contributed by atoms with Crippen LogP contribution in [0.4, 0.5) is 0 Å². The van der Waals surface area contributed by atoms with Gasteiger partial charge in [0.2, 0.25) is 0 Å². The van der Waals surface area contributed by atoms with E-state index in [4.69, 9.17) is 33.2 Å². The molecule has 1 aliphatic heterocycles. The standard InChI is InChI=1S/C19H31NO11S/c1-11(21)27-10-15(28-12(2)22)16-17(29-13(3)23)18(30-14(4)24)19(31-16)32-20-6-7-26-9-8-25-5/h15-20H,6-10H2,1-5H3/t15-,16+,17+,18-,19+/m1/s1. The molecule has 0 aromatic carbocycles. The third kappa shape index (κ3) is 10.6. The molecule has 12 nitrogen and oxygen atoms in total. The second-order valence-corrected chi connectivity index (χ2v) is 7.67. The fourth-order valence-electron chi connectivity index (χ4n) is 2.79. The number of hydrogen-bond acceptors (Lipinski definition) is 13. The van der Waals surface area contributed by atoms with Crippen molar-refractivity contribution in [3.63, 3.8) is 0 Å². The van der Waals surface area contributed by atoms with Crippen molar-refractivity contribution in [3.05, 3.63) is 0 Å². The summed E-state index contributed by atoms with van der Waals surface area (Å²) in [6.45, 7) is 6.17. The van der Waals surface area contributed by atoms with Gasteiger partial charge in [-0.15, -0.1) is 0 Å². The first-order chi connectivity index (χ1) is 15.1. The number of carbonyl (C=O) groups excluding carboxylic acids is 4. The van der Waals surface area contributed by atoms with Gasteiger partial charge in [0.25, 0.3) is 0 Å². The third-order valence-corrected chi connectivity index (χ3v) is 4.91. The molecule has 13 heteroatoms. The van der Waals surface area contributed by atoms with E-state index >= 15 is 0 Å². The van der Waals surface area contributed by atoms with Crippen LogP contribution in [0.3, 0.4) is 0 Å². The Morgan fingerprint density at radius 1 is 0.906 bits per heavy atom. The number of rotatable bonds is 14. The van der Waals surface area contributed by atoms with Gasteiger partial charge in [0.1, 0.15) is 12.7 Å². The Labute approximate surface area is 191 Å². The summed E-state index contributed by atoms with van der Waals surface area (Å²) in [5, 5.41) is 0. The molecule has 1 N–H and O–H groups in total. The molecule has 1 aliphatic rings. The summed E-state index contributed by atoms with van der Waals surface area (Å²) in [6.07, 6.45) is -4.26. The van der Waals surface area contributed by atoms with Crippen LogP contribution in [0.2, 0.25) is 0 Å². The zero-order chi connectivity index (χ0) is 24.1. The number of esters is 4. The molecule has 0 radical (unpaired) electrons. The second-order valence-electron chi connectivity index (χ2n) is 6.69. The Hall–Kier alpha value is -1.93.